The van der Waals surface area contributed by atoms with Crippen molar-refractivity contribution in [3.63, 3.8) is 0 Å². The molecule has 5 aliphatic rings. The maximum atomic E-state index is 13.4. The normalized spacial score (nSPS) is 37.8. The topological polar surface area (TPSA) is 445 Å². The summed E-state index contributed by atoms with van der Waals surface area (Å²) in [4.78, 5) is 13.4. The van der Waals surface area contributed by atoms with Gasteiger partial charge in [-0.1, -0.05) is 167 Å². The van der Waals surface area contributed by atoms with Crippen molar-refractivity contribution in [3.05, 3.63) is 12.2 Å². The number of nitrogens with one attached hydrogen (secondary N) is 1. The minimum atomic E-state index is -2.17. The van der Waals surface area contributed by atoms with E-state index < -0.39 is 199 Å². The molecule has 5 saturated heterocycles. The second-order valence-electron chi connectivity index (χ2n) is 25.7. The molecule has 28 nitrogen and oxygen atoms in total. The summed E-state index contributed by atoms with van der Waals surface area (Å²) in [6.07, 6.45) is -14.9. The summed E-state index contributed by atoms with van der Waals surface area (Å²) in [6.45, 7) is 1.60. The molecular formula is C64H117NO27. The van der Waals surface area contributed by atoms with Gasteiger partial charge < -0.3 is 134 Å². The van der Waals surface area contributed by atoms with Gasteiger partial charge in [0.15, 0.2) is 31.5 Å². The molecular weight excluding hydrogens is 1210 g/mol. The molecule has 92 heavy (non-hydrogen) atoms. The molecule has 0 aromatic carbocycles. The number of ether oxygens (including phenoxy) is 10. The second kappa shape index (κ2) is 43.5. The smallest absolute Gasteiger partial charge is 0.220 e. The summed E-state index contributed by atoms with van der Waals surface area (Å²) >= 11 is 0. The van der Waals surface area contributed by atoms with Gasteiger partial charge in [0, 0.05) is 6.42 Å². The van der Waals surface area contributed by atoms with Gasteiger partial charge in [-0.05, 0) is 26.2 Å². The lowest BCUT2D eigenvalue weighted by Crippen LogP contribution is -2.68. The predicted octanol–water partition coefficient (Wildman–Crippen LogP) is -0.288. The fourth-order valence-corrected chi connectivity index (χ4v) is 12.4. The van der Waals surface area contributed by atoms with Crippen molar-refractivity contribution < 1.29 is 134 Å². The van der Waals surface area contributed by atoms with E-state index in [2.05, 4.69) is 19.2 Å². The number of hydrogen-bond acceptors (Lipinski definition) is 27. The Balaban J connectivity index is 1.18. The zero-order chi connectivity index (χ0) is 67.3. The molecule has 5 aliphatic heterocycles. The van der Waals surface area contributed by atoms with Crippen LogP contribution in [0.2, 0.25) is 0 Å². The lowest BCUT2D eigenvalue weighted by Gasteiger charge is -2.50. The minimum Gasteiger partial charge on any atom is -0.394 e. The molecule has 0 aliphatic carbocycles. The van der Waals surface area contributed by atoms with Gasteiger partial charge in [0.1, 0.15) is 116 Å². The van der Waals surface area contributed by atoms with Crippen LogP contribution in [0.5, 0.6) is 0 Å². The molecule has 540 valence electrons. The van der Waals surface area contributed by atoms with Crippen molar-refractivity contribution in [1.82, 2.24) is 5.32 Å². The maximum absolute atomic E-state index is 13.4. The third-order valence-corrected chi connectivity index (χ3v) is 18.3. The predicted molar refractivity (Wildman–Crippen MR) is 327 cm³/mol. The highest BCUT2D eigenvalue weighted by atomic mass is 16.8. The summed E-state index contributed by atoms with van der Waals surface area (Å²) in [5, 5.41) is 178. The van der Waals surface area contributed by atoms with Crippen molar-refractivity contribution in [2.24, 2.45) is 0 Å². The number of aliphatic hydroxyl groups excluding tert-OH is 16. The summed E-state index contributed by atoms with van der Waals surface area (Å²) < 4.78 is 57.9. The van der Waals surface area contributed by atoms with Crippen LogP contribution in [0.15, 0.2) is 12.2 Å². The van der Waals surface area contributed by atoms with Gasteiger partial charge in [0.2, 0.25) is 5.91 Å². The van der Waals surface area contributed by atoms with Crippen LogP contribution in [-0.4, -0.2) is 286 Å². The molecule has 0 aromatic rings. The average molecular weight is 1330 g/mol. The SMILES string of the molecule is CCCCCCCCCCCCC/C=C/[C@@H](O)[C@H](CO[C@@H]1OC(CO)[C@@H](O[C@@H]2OC(CO)[C@H](O[C@@H]3OC(CO)[C@H](O)[C@H](O[C@H]4OC(CO)[C@H](O)[C@H](O)C4O[C@H]4OC(C)[C@@H](O)C(O)[C@@H]4O)C3O)[C@H](O)C2O)[C@H](O)C1O)NC(=O)CCCCCCCCCCCCCCC. The number of amides is 1. The van der Waals surface area contributed by atoms with Crippen LogP contribution in [0.4, 0.5) is 0 Å². The lowest BCUT2D eigenvalue weighted by molar-refractivity contribution is -0.398. The highest BCUT2D eigenvalue weighted by molar-refractivity contribution is 5.76. The summed E-state index contributed by atoms with van der Waals surface area (Å²) in [5.41, 5.74) is 0. The van der Waals surface area contributed by atoms with Gasteiger partial charge in [-0.2, -0.15) is 0 Å². The molecule has 0 spiro atoms. The maximum Gasteiger partial charge on any atom is 0.220 e. The fraction of sp³-hybridized carbons (Fsp3) is 0.953. The quantitative estimate of drug-likeness (QED) is 0.0275. The zero-order valence-corrected chi connectivity index (χ0v) is 54.3. The van der Waals surface area contributed by atoms with Gasteiger partial charge in [-0.25, -0.2) is 0 Å². The molecule has 5 rings (SSSR count). The van der Waals surface area contributed by atoms with E-state index >= 15 is 0 Å². The van der Waals surface area contributed by atoms with E-state index in [0.29, 0.717) is 12.8 Å². The highest BCUT2D eigenvalue weighted by Gasteiger charge is 2.57. The number of aliphatic hydroxyl groups is 16. The Morgan fingerprint density at radius 3 is 1.29 bits per heavy atom. The Morgan fingerprint density at radius 1 is 0.402 bits per heavy atom. The third-order valence-electron chi connectivity index (χ3n) is 18.3. The molecule has 17 N–H and O–H groups in total. The summed E-state index contributed by atoms with van der Waals surface area (Å²) in [6, 6.07) is -1.03. The first-order chi connectivity index (χ1) is 44.3. The van der Waals surface area contributed by atoms with Crippen LogP contribution in [0.1, 0.15) is 188 Å². The van der Waals surface area contributed by atoms with Crippen molar-refractivity contribution in [1.29, 1.82) is 0 Å². The van der Waals surface area contributed by atoms with Gasteiger partial charge in [-0.15, -0.1) is 0 Å². The molecule has 5 heterocycles. The first-order valence-corrected chi connectivity index (χ1v) is 34.3. The van der Waals surface area contributed by atoms with Crippen LogP contribution >= 0.6 is 0 Å². The minimum absolute atomic E-state index is 0.204. The van der Waals surface area contributed by atoms with E-state index in [-0.39, 0.29) is 12.3 Å². The average Bonchev–Trinajstić information content (AvgIpc) is 0.807. The third kappa shape index (κ3) is 24.6. The lowest BCUT2D eigenvalue weighted by atomic mass is 9.95. The van der Waals surface area contributed by atoms with Gasteiger partial charge in [-0.3, -0.25) is 4.79 Å². The Labute approximate surface area is 542 Å². The van der Waals surface area contributed by atoms with Crippen LogP contribution in [0, 0.1) is 0 Å². The number of carbonyl (C=O) groups excluding carboxylic acids is 1. The van der Waals surface area contributed by atoms with E-state index in [1.54, 1.807) is 6.08 Å². The standard InChI is InChI=1S/C64H117NO27/c1-4-6-8-10-12-14-16-18-20-22-24-26-28-30-39(70)38(65-44(71)31-29-27-25-23-21-19-17-15-13-11-9-7-5-2)36-83-60-53(80)50(77)56(42(34-68)87-60)89-62-54(81)51(78)57(43(35-69)88-62)90-63-55(82)58(47(74)41(33-67)85-63)91-64-59(49(76)46(73)40(32-66)86-64)92-61-52(79)48(75)45(72)37(3)84-61/h28,30,37-43,45-64,66-70,72-82H,4-27,29,31-36H2,1-3H3,(H,65,71)/b30-28+/t37?,38-,39+,40?,41?,42?,43?,45+,46-,47-,48?,49-,50+,51+,52-,53?,54?,55?,56+,57-,58-,59?,60+,61+,62-,63-,64+/m0/s1. The van der Waals surface area contributed by atoms with Gasteiger partial charge in [0.05, 0.1) is 51.3 Å². The molecule has 1 amide bonds. The molecule has 0 aromatic heterocycles. The summed E-state index contributed by atoms with van der Waals surface area (Å²) in [7, 11) is 0. The first-order valence-electron chi connectivity index (χ1n) is 34.3. The van der Waals surface area contributed by atoms with Gasteiger partial charge in [0.25, 0.3) is 0 Å². The number of allylic oxidation sites excluding steroid dienone is 1. The highest BCUT2D eigenvalue weighted by Crippen LogP contribution is 2.36. The second-order valence-corrected chi connectivity index (χ2v) is 25.7. The summed E-state index contributed by atoms with van der Waals surface area (Å²) in [5.74, 6) is -0.317. The largest absolute Gasteiger partial charge is 0.394 e. The molecule has 0 saturated carbocycles. The van der Waals surface area contributed by atoms with Crippen molar-refractivity contribution in [2.45, 2.75) is 353 Å². The molecule has 10 unspecified atom stereocenters. The molecule has 27 atom stereocenters. The van der Waals surface area contributed by atoms with E-state index in [0.717, 1.165) is 44.9 Å². The van der Waals surface area contributed by atoms with Crippen LogP contribution in [0.25, 0.3) is 0 Å². The molecule has 5 fully saturated rings. The number of unbranched alkanes of at least 4 members (excludes halogenated alkanes) is 23. The number of hydrogen-bond donors (Lipinski definition) is 17. The Hall–Kier alpha value is -1.83. The zero-order valence-electron chi connectivity index (χ0n) is 54.3. The number of rotatable bonds is 44. The van der Waals surface area contributed by atoms with E-state index in [1.165, 1.54) is 110 Å². The number of carbonyl (C=O) groups is 1. The van der Waals surface area contributed by atoms with Crippen LogP contribution in [0.3, 0.4) is 0 Å². The Morgan fingerprint density at radius 2 is 0.783 bits per heavy atom. The molecule has 28 heteroatoms. The molecule has 0 radical (unpaired) electrons. The first kappa shape index (κ1) is 80.8. The van der Waals surface area contributed by atoms with E-state index in [1.807, 2.05) is 6.08 Å². The van der Waals surface area contributed by atoms with E-state index in [4.69, 9.17) is 47.4 Å². The van der Waals surface area contributed by atoms with Crippen molar-refractivity contribution in [3.8, 4) is 0 Å². The van der Waals surface area contributed by atoms with Crippen LogP contribution in [-0.2, 0) is 52.2 Å². The van der Waals surface area contributed by atoms with E-state index in [9.17, 15) is 86.5 Å². The Bertz CT molecular complexity index is 1970. The van der Waals surface area contributed by atoms with Gasteiger partial charge >= 0.3 is 0 Å². The monoisotopic (exact) mass is 1330 g/mol. The van der Waals surface area contributed by atoms with Crippen molar-refractivity contribution in [2.75, 3.05) is 33.0 Å². The Kier molecular flexibility index (Phi) is 38.3. The molecule has 0 bridgehead atoms. The van der Waals surface area contributed by atoms with Crippen LogP contribution < -0.4 is 5.32 Å². The van der Waals surface area contributed by atoms with Crippen molar-refractivity contribution >= 4 is 5.91 Å². The fourth-order valence-electron chi connectivity index (χ4n) is 12.4.